The Bertz CT molecular complexity index is 1460. The number of aromatic nitrogens is 1. The van der Waals surface area contributed by atoms with Gasteiger partial charge in [0.15, 0.2) is 0 Å². The molecule has 4 rings (SSSR count). The average Bonchev–Trinajstić information content (AvgIpc) is 3.47. The molecule has 0 aliphatic carbocycles. The van der Waals surface area contributed by atoms with Gasteiger partial charge in [-0.2, -0.15) is 4.72 Å². The number of sulfonamides is 1. The Morgan fingerprint density at radius 1 is 1.03 bits per heavy atom. The lowest BCUT2D eigenvalue weighted by Crippen LogP contribution is -2.46. The number of amides is 1. The third-order valence-electron chi connectivity index (χ3n) is 5.41. The average molecular weight is 532 g/mol. The molecule has 0 aliphatic heterocycles. The number of Topliss-reactive ketones (excluding diaryl/α,β-unsaturated/α-hetero) is 1. The number of aromatic amines is 1. The van der Waals surface area contributed by atoms with Crippen LogP contribution in [0.4, 0.5) is 0 Å². The summed E-state index contributed by atoms with van der Waals surface area (Å²) in [4.78, 5) is 28.4. The summed E-state index contributed by atoms with van der Waals surface area (Å²) in [6.07, 6.45) is 2.01. The van der Waals surface area contributed by atoms with Gasteiger partial charge in [-0.25, -0.2) is 13.9 Å². The third-order valence-corrected chi connectivity index (χ3v) is 8.71. The minimum Gasteiger partial charge on any atom is -0.361 e. The van der Waals surface area contributed by atoms with Crippen LogP contribution in [0.25, 0.3) is 10.9 Å². The first-order valence-electron chi connectivity index (χ1n) is 10.6. The lowest BCUT2D eigenvalue weighted by Gasteiger charge is -2.16. The molecule has 8 nitrogen and oxygen atoms in total. The number of thiophene rings is 1. The fourth-order valence-electron chi connectivity index (χ4n) is 3.72. The zero-order valence-corrected chi connectivity index (χ0v) is 20.7. The number of halogens is 1. The smallest absolute Gasteiger partial charge is 0.261 e. The normalized spacial score (nSPS) is 12.5. The van der Waals surface area contributed by atoms with Gasteiger partial charge in [-0.1, -0.05) is 41.9 Å². The second kappa shape index (κ2) is 10.7. The molecule has 182 valence electrons. The predicted molar refractivity (Wildman–Crippen MR) is 134 cm³/mol. The van der Waals surface area contributed by atoms with E-state index in [4.69, 9.17) is 16.8 Å². The van der Waals surface area contributed by atoms with Gasteiger partial charge < -0.3 is 4.98 Å². The molecule has 2 heterocycles. The van der Waals surface area contributed by atoms with Gasteiger partial charge in [0.05, 0.1) is 0 Å². The first-order valence-corrected chi connectivity index (χ1v) is 13.3. The Hall–Kier alpha value is -3.02. The first kappa shape index (κ1) is 25.1. The number of carbonyl (C=O) groups is 2. The Labute approximate surface area is 211 Å². The van der Waals surface area contributed by atoms with Crippen LogP contribution in [0, 0.1) is 0 Å². The van der Waals surface area contributed by atoms with E-state index < -0.39 is 22.0 Å². The van der Waals surface area contributed by atoms with Crippen LogP contribution in [-0.2, 0) is 38.9 Å². The summed E-state index contributed by atoms with van der Waals surface area (Å²) in [5.74, 6) is -0.947. The van der Waals surface area contributed by atoms with Gasteiger partial charge in [0.25, 0.3) is 15.9 Å². The molecule has 0 fully saturated rings. The minimum atomic E-state index is -4.09. The molecule has 0 saturated carbocycles. The highest BCUT2D eigenvalue weighted by Crippen LogP contribution is 2.24. The number of carbonyl (C=O) groups excluding carboxylic acids is 2. The maximum atomic E-state index is 13.0. The van der Waals surface area contributed by atoms with E-state index in [1.54, 1.807) is 36.5 Å². The summed E-state index contributed by atoms with van der Waals surface area (Å²) in [6, 6.07) is 16.1. The number of hydrogen-bond acceptors (Lipinski definition) is 6. The molecular formula is C24H22ClN3O5S2. The van der Waals surface area contributed by atoms with Crippen molar-refractivity contribution in [2.75, 3.05) is 0 Å². The summed E-state index contributed by atoms with van der Waals surface area (Å²) in [5, 5.41) is 10.6. The standard InChI is InChI=1S/C24H22ClN3O5S2/c25-17-7-5-15(6-8-17)11-18(29)13-19-9-10-23(34-19)35(32,33)28-22(24(30)27-31)12-16-14-26-21-4-2-1-3-20(16)21/h1-10,14,22,26,28,31H,11-13H2,(H,27,30). The Kier molecular flexibility index (Phi) is 7.68. The van der Waals surface area contributed by atoms with Gasteiger partial charge in [-0.3, -0.25) is 14.8 Å². The number of hydrogen-bond donors (Lipinski definition) is 4. The number of ketones is 1. The summed E-state index contributed by atoms with van der Waals surface area (Å²) in [7, 11) is -4.09. The highest BCUT2D eigenvalue weighted by Gasteiger charge is 2.28. The number of nitrogens with one attached hydrogen (secondary N) is 3. The van der Waals surface area contributed by atoms with Gasteiger partial charge in [0.2, 0.25) is 0 Å². The van der Waals surface area contributed by atoms with Crippen LogP contribution in [-0.4, -0.2) is 36.3 Å². The number of rotatable bonds is 10. The van der Waals surface area contributed by atoms with E-state index >= 15 is 0 Å². The molecule has 0 aliphatic rings. The Morgan fingerprint density at radius 2 is 1.77 bits per heavy atom. The molecule has 1 atom stereocenters. The highest BCUT2D eigenvalue weighted by atomic mass is 35.5. The van der Waals surface area contributed by atoms with E-state index in [0.717, 1.165) is 33.4 Å². The highest BCUT2D eigenvalue weighted by molar-refractivity contribution is 7.91. The van der Waals surface area contributed by atoms with Crippen molar-refractivity contribution in [1.82, 2.24) is 15.2 Å². The summed E-state index contributed by atoms with van der Waals surface area (Å²) < 4.78 is 28.4. The molecule has 1 amide bonds. The lowest BCUT2D eigenvalue weighted by molar-refractivity contribution is -0.130. The second-order valence-corrected chi connectivity index (χ2v) is 11.5. The van der Waals surface area contributed by atoms with E-state index in [1.165, 1.54) is 11.5 Å². The van der Waals surface area contributed by atoms with Gasteiger partial charge in [0.1, 0.15) is 16.0 Å². The van der Waals surface area contributed by atoms with Crippen LogP contribution in [0.15, 0.2) is 71.1 Å². The molecule has 11 heteroatoms. The van der Waals surface area contributed by atoms with Crippen molar-refractivity contribution in [1.29, 1.82) is 0 Å². The molecule has 4 aromatic rings. The number of benzene rings is 2. The zero-order chi connectivity index (χ0) is 25.0. The monoisotopic (exact) mass is 531 g/mol. The quantitative estimate of drug-likeness (QED) is 0.183. The largest absolute Gasteiger partial charge is 0.361 e. The zero-order valence-electron chi connectivity index (χ0n) is 18.3. The van der Waals surface area contributed by atoms with E-state index in [-0.39, 0.29) is 29.3 Å². The topological polar surface area (TPSA) is 128 Å². The molecule has 2 aromatic carbocycles. The lowest BCUT2D eigenvalue weighted by atomic mass is 10.1. The van der Waals surface area contributed by atoms with E-state index in [1.807, 2.05) is 24.3 Å². The summed E-state index contributed by atoms with van der Waals surface area (Å²) in [5.41, 5.74) is 3.92. The van der Waals surface area contributed by atoms with Crippen molar-refractivity contribution < 1.29 is 23.2 Å². The van der Waals surface area contributed by atoms with Crippen LogP contribution in [0.5, 0.6) is 0 Å². The molecule has 2 aromatic heterocycles. The van der Waals surface area contributed by atoms with Crippen LogP contribution >= 0.6 is 22.9 Å². The molecular weight excluding hydrogens is 510 g/mol. The molecule has 35 heavy (non-hydrogen) atoms. The summed E-state index contributed by atoms with van der Waals surface area (Å²) >= 11 is 6.83. The van der Waals surface area contributed by atoms with Crippen molar-refractivity contribution in [3.63, 3.8) is 0 Å². The van der Waals surface area contributed by atoms with Gasteiger partial charge in [-0.15, -0.1) is 11.3 Å². The van der Waals surface area contributed by atoms with Crippen molar-refractivity contribution in [2.24, 2.45) is 0 Å². The Balaban J connectivity index is 1.46. The van der Waals surface area contributed by atoms with E-state index in [9.17, 15) is 18.0 Å². The first-order chi connectivity index (χ1) is 16.7. The fraction of sp³-hybridized carbons (Fsp3) is 0.167. The third kappa shape index (κ3) is 6.16. The van der Waals surface area contributed by atoms with Crippen LogP contribution in [0.1, 0.15) is 16.0 Å². The summed E-state index contributed by atoms with van der Waals surface area (Å²) in [6.45, 7) is 0. The maximum absolute atomic E-state index is 13.0. The van der Waals surface area contributed by atoms with Crippen LogP contribution in [0.2, 0.25) is 5.02 Å². The number of fused-ring (bicyclic) bond motifs is 1. The number of H-pyrrole nitrogens is 1. The maximum Gasteiger partial charge on any atom is 0.261 e. The minimum absolute atomic E-state index is 0.0213. The SMILES string of the molecule is O=C(Cc1ccc(Cl)cc1)Cc1ccc(S(=O)(=O)NC(Cc2c[nH]c3ccccc23)C(=O)NO)s1. The van der Waals surface area contributed by atoms with Crippen LogP contribution < -0.4 is 10.2 Å². The number of hydroxylamine groups is 1. The van der Waals surface area contributed by atoms with Crippen molar-refractivity contribution in [3.05, 3.63) is 87.9 Å². The second-order valence-electron chi connectivity index (χ2n) is 7.95. The molecule has 0 spiro atoms. The predicted octanol–water partition coefficient (Wildman–Crippen LogP) is 3.63. The van der Waals surface area contributed by atoms with E-state index in [2.05, 4.69) is 9.71 Å². The van der Waals surface area contributed by atoms with Crippen LogP contribution in [0.3, 0.4) is 0 Å². The number of para-hydroxylation sites is 1. The molecule has 0 saturated heterocycles. The van der Waals surface area contributed by atoms with Crippen molar-refractivity contribution >= 4 is 55.6 Å². The van der Waals surface area contributed by atoms with Gasteiger partial charge in [-0.05, 0) is 47.9 Å². The molecule has 4 N–H and O–H groups in total. The molecule has 0 bridgehead atoms. The fourth-order valence-corrected chi connectivity index (χ4v) is 6.44. The van der Waals surface area contributed by atoms with Crippen molar-refractivity contribution in [3.8, 4) is 0 Å². The van der Waals surface area contributed by atoms with Crippen molar-refractivity contribution in [2.45, 2.75) is 29.5 Å². The Morgan fingerprint density at radius 3 is 2.51 bits per heavy atom. The van der Waals surface area contributed by atoms with E-state index in [0.29, 0.717) is 9.90 Å². The molecule has 0 radical (unpaired) electrons. The van der Waals surface area contributed by atoms with Gasteiger partial charge >= 0.3 is 0 Å². The van der Waals surface area contributed by atoms with Gasteiger partial charge in [0, 0.05) is 39.8 Å². The molecule has 1 unspecified atom stereocenters.